The first-order valence-electron chi connectivity index (χ1n) is 8.96. The molecule has 8 nitrogen and oxygen atoms in total. The number of ether oxygens (including phenoxy) is 1. The van der Waals surface area contributed by atoms with Gasteiger partial charge in [-0.15, -0.1) is 0 Å². The summed E-state index contributed by atoms with van der Waals surface area (Å²) < 4.78 is 7.70. The number of H-pyrrole nitrogens is 1. The lowest BCUT2D eigenvalue weighted by Crippen LogP contribution is -2.38. The Labute approximate surface area is 152 Å². The van der Waals surface area contributed by atoms with Gasteiger partial charge in [0.05, 0.1) is 12.6 Å². The standard InChI is InChI=1S/C18H25N5O3/c1-13-16(14(2)21-18(25)20-13)5-6-17(24)22-8-4-10-26-15(11-22)12-23-9-3-7-19-23/h3,7,9,15H,4-6,8,10-12H2,1-2H3,(H,20,21,25)/t15-/m1/s1. The Hall–Kier alpha value is -2.48. The number of rotatable bonds is 5. The smallest absolute Gasteiger partial charge is 0.345 e. The molecule has 8 heteroatoms. The van der Waals surface area contributed by atoms with Crippen LogP contribution in [0.2, 0.25) is 0 Å². The van der Waals surface area contributed by atoms with E-state index in [0.717, 1.165) is 17.7 Å². The lowest BCUT2D eigenvalue weighted by atomic mass is 10.1. The number of aromatic nitrogens is 4. The number of aryl methyl sites for hydroxylation is 2. The van der Waals surface area contributed by atoms with E-state index in [9.17, 15) is 9.59 Å². The summed E-state index contributed by atoms with van der Waals surface area (Å²) in [7, 11) is 0. The molecule has 0 spiro atoms. The summed E-state index contributed by atoms with van der Waals surface area (Å²) in [5.41, 5.74) is 2.07. The minimum absolute atomic E-state index is 0.0560. The van der Waals surface area contributed by atoms with Crippen molar-refractivity contribution in [2.45, 2.75) is 45.8 Å². The average molecular weight is 359 g/mol. The third-order valence-electron chi connectivity index (χ3n) is 4.69. The van der Waals surface area contributed by atoms with Crippen LogP contribution in [-0.4, -0.2) is 56.4 Å². The Morgan fingerprint density at radius 1 is 1.42 bits per heavy atom. The third kappa shape index (κ3) is 4.57. The van der Waals surface area contributed by atoms with Crippen molar-refractivity contribution in [3.05, 3.63) is 45.9 Å². The fourth-order valence-corrected chi connectivity index (χ4v) is 3.36. The molecule has 1 N–H and O–H groups in total. The van der Waals surface area contributed by atoms with Crippen LogP contribution < -0.4 is 5.69 Å². The molecule has 0 aliphatic carbocycles. The van der Waals surface area contributed by atoms with Gasteiger partial charge >= 0.3 is 5.69 Å². The van der Waals surface area contributed by atoms with Crippen LogP contribution in [0.3, 0.4) is 0 Å². The number of nitrogens with zero attached hydrogens (tertiary/aromatic N) is 4. The van der Waals surface area contributed by atoms with Crippen molar-refractivity contribution in [1.29, 1.82) is 0 Å². The second-order valence-corrected chi connectivity index (χ2v) is 6.65. The lowest BCUT2D eigenvalue weighted by Gasteiger charge is -2.24. The van der Waals surface area contributed by atoms with Gasteiger partial charge in [-0.25, -0.2) is 4.79 Å². The number of amides is 1. The van der Waals surface area contributed by atoms with Crippen LogP contribution in [0.1, 0.15) is 29.8 Å². The van der Waals surface area contributed by atoms with Gasteiger partial charge in [0.2, 0.25) is 5.91 Å². The molecule has 1 aliphatic rings. The SMILES string of the molecule is Cc1nc(=O)[nH]c(C)c1CCC(=O)N1CCCO[C@@H](Cn2cccn2)C1. The molecular formula is C18H25N5O3. The summed E-state index contributed by atoms with van der Waals surface area (Å²) >= 11 is 0. The Bertz CT molecular complexity index is 773. The molecule has 2 aromatic heterocycles. The van der Waals surface area contributed by atoms with Crippen LogP contribution in [0, 0.1) is 13.8 Å². The molecule has 0 radical (unpaired) electrons. The lowest BCUT2D eigenvalue weighted by molar-refractivity contribution is -0.132. The number of hydrogen-bond acceptors (Lipinski definition) is 5. The summed E-state index contributed by atoms with van der Waals surface area (Å²) in [5.74, 6) is 0.103. The quantitative estimate of drug-likeness (QED) is 0.854. The summed E-state index contributed by atoms with van der Waals surface area (Å²) in [4.78, 5) is 32.6. The first-order valence-corrected chi connectivity index (χ1v) is 8.96. The van der Waals surface area contributed by atoms with Crippen molar-refractivity contribution in [1.82, 2.24) is 24.6 Å². The second-order valence-electron chi connectivity index (χ2n) is 6.65. The van der Waals surface area contributed by atoms with Crippen LogP contribution >= 0.6 is 0 Å². The largest absolute Gasteiger partial charge is 0.374 e. The van der Waals surface area contributed by atoms with Gasteiger partial charge in [-0.3, -0.25) is 9.48 Å². The first-order chi connectivity index (χ1) is 12.5. The highest BCUT2D eigenvalue weighted by atomic mass is 16.5. The maximum Gasteiger partial charge on any atom is 0.345 e. The van der Waals surface area contributed by atoms with E-state index in [-0.39, 0.29) is 17.7 Å². The molecule has 26 heavy (non-hydrogen) atoms. The molecule has 1 aliphatic heterocycles. The highest BCUT2D eigenvalue weighted by molar-refractivity contribution is 5.76. The summed E-state index contributed by atoms with van der Waals surface area (Å²) in [6, 6.07) is 1.88. The van der Waals surface area contributed by atoms with E-state index >= 15 is 0 Å². The van der Waals surface area contributed by atoms with Gasteiger partial charge in [-0.2, -0.15) is 10.1 Å². The van der Waals surface area contributed by atoms with E-state index in [4.69, 9.17) is 4.74 Å². The monoisotopic (exact) mass is 359 g/mol. The molecule has 140 valence electrons. The van der Waals surface area contributed by atoms with Gasteiger partial charge < -0.3 is 14.6 Å². The topological polar surface area (TPSA) is 93.1 Å². The van der Waals surface area contributed by atoms with Gasteiger partial charge in [-0.1, -0.05) is 0 Å². The van der Waals surface area contributed by atoms with Crippen molar-refractivity contribution in [3.63, 3.8) is 0 Å². The Morgan fingerprint density at radius 2 is 2.27 bits per heavy atom. The number of carbonyl (C=O) groups excluding carboxylic acids is 1. The molecule has 0 bridgehead atoms. The Balaban J connectivity index is 1.60. The summed E-state index contributed by atoms with van der Waals surface area (Å²) in [5, 5.41) is 4.21. The van der Waals surface area contributed by atoms with Crippen molar-refractivity contribution < 1.29 is 9.53 Å². The highest BCUT2D eigenvalue weighted by Gasteiger charge is 2.23. The predicted octanol–water partition coefficient (Wildman–Crippen LogP) is 0.834. The molecule has 1 amide bonds. The van der Waals surface area contributed by atoms with Gasteiger partial charge in [-0.05, 0) is 38.3 Å². The van der Waals surface area contributed by atoms with E-state index < -0.39 is 0 Å². The third-order valence-corrected chi connectivity index (χ3v) is 4.69. The van der Waals surface area contributed by atoms with E-state index in [0.29, 0.717) is 44.8 Å². The van der Waals surface area contributed by atoms with Crippen molar-refractivity contribution in [2.24, 2.45) is 0 Å². The minimum atomic E-state index is -0.346. The molecule has 0 saturated carbocycles. The Morgan fingerprint density at radius 3 is 3.00 bits per heavy atom. The number of hydrogen-bond donors (Lipinski definition) is 1. The average Bonchev–Trinajstić information content (AvgIpc) is 2.97. The molecule has 1 saturated heterocycles. The van der Waals surface area contributed by atoms with E-state index in [1.807, 2.05) is 35.7 Å². The minimum Gasteiger partial charge on any atom is -0.374 e. The van der Waals surface area contributed by atoms with Crippen LogP contribution in [0.15, 0.2) is 23.3 Å². The molecular weight excluding hydrogens is 334 g/mol. The van der Waals surface area contributed by atoms with Crippen molar-refractivity contribution >= 4 is 5.91 Å². The molecule has 3 rings (SSSR count). The van der Waals surface area contributed by atoms with Crippen molar-refractivity contribution in [3.8, 4) is 0 Å². The number of carbonyl (C=O) groups is 1. The van der Waals surface area contributed by atoms with E-state index in [1.165, 1.54) is 0 Å². The van der Waals surface area contributed by atoms with Gasteiger partial charge in [0.25, 0.3) is 0 Å². The maximum absolute atomic E-state index is 12.7. The predicted molar refractivity (Wildman–Crippen MR) is 95.8 cm³/mol. The number of aromatic amines is 1. The summed E-state index contributed by atoms with van der Waals surface area (Å²) in [6.45, 7) is 6.21. The van der Waals surface area contributed by atoms with E-state index in [1.54, 1.807) is 6.20 Å². The molecule has 0 aromatic carbocycles. The van der Waals surface area contributed by atoms with Crippen molar-refractivity contribution in [2.75, 3.05) is 19.7 Å². The zero-order chi connectivity index (χ0) is 18.5. The molecule has 1 atom stereocenters. The normalized spacial score (nSPS) is 17.9. The first kappa shape index (κ1) is 18.3. The zero-order valence-electron chi connectivity index (χ0n) is 15.3. The molecule has 3 heterocycles. The van der Waals surface area contributed by atoms with Crippen LogP contribution in [0.4, 0.5) is 0 Å². The zero-order valence-corrected chi connectivity index (χ0v) is 15.3. The maximum atomic E-state index is 12.7. The number of nitrogens with one attached hydrogen (secondary N) is 1. The fraction of sp³-hybridized carbons (Fsp3) is 0.556. The highest BCUT2D eigenvalue weighted by Crippen LogP contribution is 2.13. The van der Waals surface area contributed by atoms with Crippen LogP contribution in [0.5, 0.6) is 0 Å². The molecule has 0 unspecified atom stereocenters. The Kier molecular flexibility index (Phi) is 5.82. The van der Waals surface area contributed by atoms with E-state index in [2.05, 4.69) is 15.1 Å². The van der Waals surface area contributed by atoms with Crippen LogP contribution in [0.25, 0.3) is 0 Å². The second kappa shape index (κ2) is 8.27. The summed E-state index contributed by atoms with van der Waals surface area (Å²) in [6.07, 6.45) is 5.38. The van der Waals surface area contributed by atoms with Crippen LogP contribution in [-0.2, 0) is 22.5 Å². The van der Waals surface area contributed by atoms with Gasteiger partial charge in [0, 0.05) is 49.9 Å². The van der Waals surface area contributed by atoms with Gasteiger partial charge in [0.15, 0.2) is 0 Å². The fourth-order valence-electron chi connectivity index (χ4n) is 3.36. The molecule has 2 aromatic rings. The van der Waals surface area contributed by atoms with Gasteiger partial charge in [0.1, 0.15) is 0 Å². The molecule has 1 fully saturated rings.